The largest absolute Gasteiger partial charge is 0.497 e. The first-order valence-corrected chi connectivity index (χ1v) is 11.0. The molecule has 29 heavy (non-hydrogen) atoms. The number of anilines is 2. The van der Waals surface area contributed by atoms with Crippen LogP contribution in [0, 0.1) is 0 Å². The Morgan fingerprint density at radius 1 is 1.10 bits per heavy atom. The van der Waals surface area contributed by atoms with E-state index in [-0.39, 0.29) is 6.42 Å². The number of nitrogens with zero attached hydrogens (tertiary/aromatic N) is 1. The van der Waals surface area contributed by atoms with Crippen molar-refractivity contribution in [1.82, 2.24) is 0 Å². The number of sulfonamides is 1. The van der Waals surface area contributed by atoms with Crippen molar-refractivity contribution in [2.45, 2.75) is 31.4 Å². The average Bonchev–Trinajstić information content (AvgIpc) is 2.72. The number of nitrogens with one attached hydrogen (secondary N) is 1. The first-order chi connectivity index (χ1) is 13.8. The topological polar surface area (TPSA) is 84.9 Å². The van der Waals surface area contributed by atoms with E-state index in [0.717, 1.165) is 0 Å². The van der Waals surface area contributed by atoms with E-state index < -0.39 is 20.7 Å². The van der Waals surface area contributed by atoms with Gasteiger partial charge in [-0.3, -0.25) is 9.10 Å². The molecule has 0 spiro atoms. The summed E-state index contributed by atoms with van der Waals surface area (Å²) < 4.78 is 37.0. The van der Waals surface area contributed by atoms with Crippen molar-refractivity contribution in [3.63, 3.8) is 0 Å². The highest BCUT2D eigenvalue weighted by molar-refractivity contribution is 7.95. The Morgan fingerprint density at radius 2 is 1.72 bits per heavy atom. The minimum Gasteiger partial charge on any atom is -0.497 e. The lowest BCUT2D eigenvalue weighted by molar-refractivity contribution is -0.118. The van der Waals surface area contributed by atoms with Crippen LogP contribution in [0.5, 0.6) is 11.5 Å². The number of hydrogen-bond donors (Lipinski definition) is 1. The third kappa shape index (κ3) is 4.03. The third-order valence-corrected chi connectivity index (χ3v) is 7.64. The summed E-state index contributed by atoms with van der Waals surface area (Å²) in [5.74, 6) is 0.784. The van der Waals surface area contributed by atoms with Gasteiger partial charge in [0, 0.05) is 12.2 Å². The smallest absolute Gasteiger partial charge is 0.249 e. The minimum absolute atomic E-state index is 0.255. The molecule has 2 aromatic carbocycles. The van der Waals surface area contributed by atoms with Crippen LogP contribution in [0.15, 0.2) is 48.5 Å². The van der Waals surface area contributed by atoms with Crippen molar-refractivity contribution in [2.75, 3.05) is 29.9 Å². The van der Waals surface area contributed by atoms with E-state index in [1.54, 1.807) is 55.6 Å². The molecule has 3 rings (SSSR count). The van der Waals surface area contributed by atoms with E-state index in [0.29, 0.717) is 42.4 Å². The minimum atomic E-state index is -3.92. The second kappa shape index (κ2) is 8.32. The maximum atomic E-state index is 13.4. The monoisotopic (exact) mass is 418 g/mol. The maximum Gasteiger partial charge on any atom is 0.249 e. The molecule has 0 aliphatic carbocycles. The van der Waals surface area contributed by atoms with Crippen LogP contribution < -0.4 is 19.1 Å². The lowest BCUT2D eigenvalue weighted by Gasteiger charge is -2.39. The first kappa shape index (κ1) is 21.0. The summed E-state index contributed by atoms with van der Waals surface area (Å²) in [6.45, 7) is 4.25. The highest BCUT2D eigenvalue weighted by Crippen LogP contribution is 2.36. The van der Waals surface area contributed by atoms with Gasteiger partial charge < -0.3 is 14.8 Å². The second-order valence-electron chi connectivity index (χ2n) is 7.02. The Hall–Kier alpha value is -2.74. The molecule has 2 aromatic rings. The van der Waals surface area contributed by atoms with Crippen molar-refractivity contribution in [2.24, 2.45) is 0 Å². The van der Waals surface area contributed by atoms with Gasteiger partial charge in [0.2, 0.25) is 15.9 Å². The van der Waals surface area contributed by atoms with Gasteiger partial charge in [-0.05, 0) is 75.2 Å². The second-order valence-corrected chi connectivity index (χ2v) is 9.31. The third-order valence-electron chi connectivity index (χ3n) is 5.14. The quantitative estimate of drug-likeness (QED) is 0.777. The molecule has 7 nitrogen and oxygen atoms in total. The molecule has 1 unspecified atom stereocenters. The highest BCUT2D eigenvalue weighted by atomic mass is 32.2. The van der Waals surface area contributed by atoms with E-state index in [1.807, 2.05) is 6.92 Å². The van der Waals surface area contributed by atoms with Crippen LogP contribution in [0.3, 0.4) is 0 Å². The summed E-state index contributed by atoms with van der Waals surface area (Å²) in [5, 5.41) is 2.75. The van der Waals surface area contributed by atoms with Crippen molar-refractivity contribution < 1.29 is 22.7 Å². The fourth-order valence-corrected chi connectivity index (χ4v) is 5.31. The number of hydrogen-bond acceptors (Lipinski definition) is 5. The lowest BCUT2D eigenvalue weighted by Crippen LogP contribution is -2.57. The Balaban J connectivity index is 1.83. The number of ether oxygens (including phenoxy) is 2. The van der Waals surface area contributed by atoms with Crippen LogP contribution in [0.1, 0.15) is 26.7 Å². The average molecular weight is 419 g/mol. The van der Waals surface area contributed by atoms with Gasteiger partial charge in [0.1, 0.15) is 11.5 Å². The van der Waals surface area contributed by atoms with Crippen LogP contribution in [0.25, 0.3) is 0 Å². The summed E-state index contributed by atoms with van der Waals surface area (Å²) in [5.41, 5.74) is 1.04. The number of carbonyl (C=O) groups excluding carboxylic acids is 1. The molecule has 8 heteroatoms. The van der Waals surface area contributed by atoms with Gasteiger partial charge in [0.05, 0.1) is 19.4 Å². The van der Waals surface area contributed by atoms with Crippen molar-refractivity contribution in [1.29, 1.82) is 0 Å². The molecule has 1 aliphatic rings. The number of rotatable bonds is 6. The van der Waals surface area contributed by atoms with Gasteiger partial charge in [0.25, 0.3) is 0 Å². The zero-order valence-electron chi connectivity index (χ0n) is 16.8. The molecule has 1 atom stereocenters. The standard InChI is InChI=1S/C21H26N2O5S/c1-4-28-19-10-6-16(7-11-19)22-20(24)21(2)14-5-15-23(29(21,25)26)17-8-12-18(27-3)13-9-17/h6-13H,4-5,14-15H2,1-3H3,(H,22,24). The number of benzene rings is 2. The van der Waals surface area contributed by atoms with Crippen LogP contribution in [-0.2, 0) is 14.8 Å². The van der Waals surface area contributed by atoms with E-state index in [4.69, 9.17) is 9.47 Å². The van der Waals surface area contributed by atoms with E-state index in [2.05, 4.69) is 5.32 Å². The summed E-state index contributed by atoms with van der Waals surface area (Å²) in [6.07, 6.45) is 0.837. The Morgan fingerprint density at radius 3 is 2.31 bits per heavy atom. The molecule has 1 amide bonds. The Bertz CT molecular complexity index is 958. The van der Waals surface area contributed by atoms with Crippen LogP contribution in [0.2, 0.25) is 0 Å². The number of carbonyl (C=O) groups is 1. The number of amides is 1. The van der Waals surface area contributed by atoms with Crippen LogP contribution in [0.4, 0.5) is 11.4 Å². The predicted molar refractivity (Wildman–Crippen MR) is 113 cm³/mol. The van der Waals surface area contributed by atoms with E-state index in [9.17, 15) is 13.2 Å². The molecular weight excluding hydrogens is 392 g/mol. The van der Waals surface area contributed by atoms with Crippen molar-refractivity contribution in [3.05, 3.63) is 48.5 Å². The zero-order valence-corrected chi connectivity index (χ0v) is 17.7. The Labute approximate surface area is 171 Å². The fourth-order valence-electron chi connectivity index (χ4n) is 3.36. The van der Waals surface area contributed by atoms with E-state index in [1.165, 1.54) is 11.2 Å². The van der Waals surface area contributed by atoms with Gasteiger partial charge >= 0.3 is 0 Å². The fraction of sp³-hybridized carbons (Fsp3) is 0.381. The van der Waals surface area contributed by atoms with E-state index >= 15 is 0 Å². The molecule has 1 saturated heterocycles. The van der Waals surface area contributed by atoms with Gasteiger partial charge in [-0.2, -0.15) is 0 Å². The Kier molecular flexibility index (Phi) is 6.02. The van der Waals surface area contributed by atoms with Crippen LogP contribution >= 0.6 is 0 Å². The maximum absolute atomic E-state index is 13.4. The molecule has 156 valence electrons. The first-order valence-electron chi connectivity index (χ1n) is 9.52. The molecule has 1 heterocycles. The normalized spacial score (nSPS) is 20.7. The summed E-state index contributed by atoms with van der Waals surface area (Å²) in [4.78, 5) is 13.0. The van der Waals surface area contributed by atoms with Gasteiger partial charge in [0.15, 0.2) is 4.75 Å². The molecular formula is C21H26N2O5S. The number of methoxy groups -OCH3 is 1. The molecule has 1 aliphatic heterocycles. The summed E-state index contributed by atoms with van der Waals surface area (Å²) in [6, 6.07) is 13.7. The molecule has 0 bridgehead atoms. The molecule has 0 aromatic heterocycles. The van der Waals surface area contributed by atoms with Crippen molar-refractivity contribution in [3.8, 4) is 11.5 Å². The van der Waals surface area contributed by atoms with Crippen LogP contribution in [-0.4, -0.2) is 39.3 Å². The lowest BCUT2D eigenvalue weighted by atomic mass is 10.0. The molecule has 1 fully saturated rings. The SMILES string of the molecule is CCOc1ccc(NC(=O)C2(C)CCCN(c3ccc(OC)cc3)S2(=O)=O)cc1. The van der Waals surface area contributed by atoms with Gasteiger partial charge in [-0.15, -0.1) is 0 Å². The summed E-state index contributed by atoms with van der Waals surface area (Å²) >= 11 is 0. The zero-order chi connectivity index (χ0) is 21.1. The summed E-state index contributed by atoms with van der Waals surface area (Å²) in [7, 11) is -2.37. The predicted octanol–water partition coefficient (Wildman–Crippen LogP) is 3.42. The molecule has 0 radical (unpaired) electrons. The van der Waals surface area contributed by atoms with Gasteiger partial charge in [-0.1, -0.05) is 0 Å². The molecule has 0 saturated carbocycles. The molecule has 1 N–H and O–H groups in total. The van der Waals surface area contributed by atoms with Crippen molar-refractivity contribution >= 4 is 27.3 Å². The van der Waals surface area contributed by atoms with Gasteiger partial charge in [-0.25, -0.2) is 8.42 Å². The highest BCUT2D eigenvalue weighted by Gasteiger charge is 2.52.